The van der Waals surface area contributed by atoms with E-state index in [0.29, 0.717) is 0 Å². The maximum absolute atomic E-state index is 4.29. The lowest BCUT2D eigenvalue weighted by Crippen LogP contribution is -2.41. The molecule has 2 N–H and O–H groups in total. The largest absolute Gasteiger partial charge is 0.370 e. The van der Waals surface area contributed by atoms with Crippen molar-refractivity contribution in [3.8, 4) is 0 Å². The first-order valence-electron chi connectivity index (χ1n) is 8.49. The van der Waals surface area contributed by atoms with Crippen LogP contribution in [0.4, 0.5) is 5.69 Å². The van der Waals surface area contributed by atoms with Crippen molar-refractivity contribution in [1.29, 1.82) is 0 Å². The number of likely N-dealkylation sites (N-methyl/N-ethyl adjacent to an activating group) is 1. The molecule has 5 nitrogen and oxygen atoms in total. The maximum atomic E-state index is 4.29. The van der Waals surface area contributed by atoms with Crippen LogP contribution in [0, 0.1) is 6.92 Å². The molecule has 0 aliphatic rings. The van der Waals surface area contributed by atoms with Crippen molar-refractivity contribution in [3.05, 3.63) is 53.9 Å². The van der Waals surface area contributed by atoms with Crippen LogP contribution in [-0.2, 0) is 13.6 Å². The van der Waals surface area contributed by atoms with E-state index in [2.05, 4.69) is 70.9 Å². The fourth-order valence-corrected chi connectivity index (χ4v) is 2.68. The Bertz CT molecular complexity index is 659. The molecular formula is C19H29N5. The molecule has 2 rings (SSSR count). The topological polar surface area (TPSA) is 44.6 Å². The summed E-state index contributed by atoms with van der Waals surface area (Å²) in [7, 11) is 3.83. The van der Waals surface area contributed by atoms with Crippen molar-refractivity contribution < 1.29 is 0 Å². The number of benzene rings is 1. The molecule has 5 heteroatoms. The van der Waals surface area contributed by atoms with Gasteiger partial charge in [-0.05, 0) is 43.2 Å². The van der Waals surface area contributed by atoms with Crippen LogP contribution >= 0.6 is 0 Å². The molecule has 0 saturated carbocycles. The second-order valence-corrected chi connectivity index (χ2v) is 5.96. The van der Waals surface area contributed by atoms with Gasteiger partial charge in [0.05, 0.1) is 0 Å². The fourth-order valence-electron chi connectivity index (χ4n) is 2.68. The quantitative estimate of drug-likeness (QED) is 0.607. The first-order chi connectivity index (χ1) is 11.6. The Morgan fingerprint density at radius 1 is 1.25 bits per heavy atom. The Hall–Kier alpha value is -2.43. The van der Waals surface area contributed by atoms with Gasteiger partial charge in [0.25, 0.3) is 0 Å². The summed E-state index contributed by atoms with van der Waals surface area (Å²) in [5, 5.41) is 6.73. The minimum atomic E-state index is 0.774. The zero-order chi connectivity index (χ0) is 17.4. The average Bonchev–Trinajstić information content (AvgIpc) is 3.00. The zero-order valence-electron chi connectivity index (χ0n) is 15.2. The van der Waals surface area contributed by atoms with Gasteiger partial charge in [0.2, 0.25) is 0 Å². The smallest absolute Gasteiger partial charge is 0.191 e. The number of hydrogen-bond acceptors (Lipinski definition) is 2. The summed E-state index contributed by atoms with van der Waals surface area (Å²) < 4.78 is 2.05. The third kappa shape index (κ3) is 5.33. The minimum Gasteiger partial charge on any atom is -0.370 e. The van der Waals surface area contributed by atoms with E-state index >= 15 is 0 Å². The Morgan fingerprint density at radius 2 is 2.08 bits per heavy atom. The molecule has 0 atom stereocenters. The molecule has 1 heterocycles. The summed E-state index contributed by atoms with van der Waals surface area (Å²) in [4.78, 5) is 6.65. The third-order valence-electron chi connectivity index (χ3n) is 4.00. The Balaban J connectivity index is 1.80. The highest BCUT2D eigenvalue weighted by atomic mass is 15.2. The first-order valence-corrected chi connectivity index (χ1v) is 8.49. The van der Waals surface area contributed by atoms with Crippen LogP contribution in [0.2, 0.25) is 0 Å². The summed E-state index contributed by atoms with van der Waals surface area (Å²) in [5.74, 6) is 0.833. The van der Waals surface area contributed by atoms with E-state index in [-0.39, 0.29) is 0 Å². The monoisotopic (exact) mass is 327 g/mol. The van der Waals surface area contributed by atoms with Crippen molar-refractivity contribution in [2.75, 3.05) is 31.6 Å². The van der Waals surface area contributed by atoms with Crippen molar-refractivity contribution in [2.24, 2.45) is 12.0 Å². The van der Waals surface area contributed by atoms with Gasteiger partial charge in [0.15, 0.2) is 5.96 Å². The number of nitrogens with one attached hydrogen (secondary N) is 2. The summed E-state index contributed by atoms with van der Waals surface area (Å²) >= 11 is 0. The highest BCUT2D eigenvalue weighted by Crippen LogP contribution is 2.14. The molecule has 0 amide bonds. The SMILES string of the molecule is CCN(CCNC(=NC)NCc1ccn(C)c1)c1cccc(C)c1. The van der Waals surface area contributed by atoms with Crippen LogP contribution in [0.15, 0.2) is 47.7 Å². The van der Waals surface area contributed by atoms with E-state index < -0.39 is 0 Å². The van der Waals surface area contributed by atoms with Gasteiger partial charge in [-0.2, -0.15) is 0 Å². The lowest BCUT2D eigenvalue weighted by molar-refractivity contribution is 0.749. The van der Waals surface area contributed by atoms with Crippen LogP contribution < -0.4 is 15.5 Å². The molecule has 0 bridgehead atoms. The predicted octanol–water partition coefficient (Wildman–Crippen LogP) is 2.53. The van der Waals surface area contributed by atoms with Crippen LogP contribution in [0.5, 0.6) is 0 Å². The molecule has 0 aliphatic heterocycles. The zero-order valence-corrected chi connectivity index (χ0v) is 15.2. The lowest BCUT2D eigenvalue weighted by Gasteiger charge is -2.24. The van der Waals surface area contributed by atoms with Gasteiger partial charge in [-0.1, -0.05) is 12.1 Å². The van der Waals surface area contributed by atoms with Gasteiger partial charge in [-0.15, -0.1) is 0 Å². The Labute approximate surface area is 145 Å². The van der Waals surface area contributed by atoms with E-state index in [0.717, 1.165) is 32.1 Å². The van der Waals surface area contributed by atoms with Crippen LogP contribution in [0.1, 0.15) is 18.1 Å². The summed E-state index contributed by atoms with van der Waals surface area (Å²) in [5.41, 5.74) is 3.81. The van der Waals surface area contributed by atoms with Crippen molar-refractivity contribution >= 4 is 11.6 Å². The Morgan fingerprint density at radius 3 is 2.71 bits per heavy atom. The number of anilines is 1. The molecule has 0 spiro atoms. The van der Waals surface area contributed by atoms with E-state index in [1.807, 2.05) is 17.8 Å². The summed E-state index contributed by atoms with van der Waals surface area (Å²) in [6, 6.07) is 10.7. The Kier molecular flexibility index (Phi) is 6.73. The predicted molar refractivity (Wildman–Crippen MR) is 103 cm³/mol. The number of aryl methyl sites for hydroxylation is 2. The molecule has 1 aromatic carbocycles. The lowest BCUT2D eigenvalue weighted by atomic mass is 10.2. The number of aromatic nitrogens is 1. The van der Waals surface area contributed by atoms with Crippen molar-refractivity contribution in [2.45, 2.75) is 20.4 Å². The highest BCUT2D eigenvalue weighted by Gasteiger charge is 2.05. The molecule has 130 valence electrons. The normalized spacial score (nSPS) is 11.4. The van der Waals surface area contributed by atoms with Gasteiger partial charge in [-0.3, -0.25) is 4.99 Å². The molecule has 0 unspecified atom stereocenters. The fraction of sp³-hybridized carbons (Fsp3) is 0.421. The van der Waals surface area contributed by atoms with E-state index in [4.69, 9.17) is 0 Å². The van der Waals surface area contributed by atoms with E-state index in [1.165, 1.54) is 16.8 Å². The first kappa shape index (κ1) is 17.9. The standard InChI is InChI=1S/C19H29N5/c1-5-24(18-8-6-7-16(2)13-18)12-10-21-19(20-3)22-14-17-9-11-23(4)15-17/h6-9,11,13,15H,5,10,12,14H2,1-4H3,(H2,20,21,22). The van der Waals surface area contributed by atoms with Crippen molar-refractivity contribution in [3.63, 3.8) is 0 Å². The van der Waals surface area contributed by atoms with Gasteiger partial charge in [-0.25, -0.2) is 0 Å². The number of nitrogens with zero attached hydrogens (tertiary/aromatic N) is 3. The van der Waals surface area contributed by atoms with Crippen molar-refractivity contribution in [1.82, 2.24) is 15.2 Å². The summed E-state index contributed by atoms with van der Waals surface area (Å²) in [6.45, 7) is 7.86. The molecule has 0 fully saturated rings. The molecule has 0 radical (unpaired) electrons. The second-order valence-electron chi connectivity index (χ2n) is 5.96. The number of hydrogen-bond donors (Lipinski definition) is 2. The van der Waals surface area contributed by atoms with Crippen LogP contribution in [0.25, 0.3) is 0 Å². The third-order valence-corrected chi connectivity index (χ3v) is 4.00. The van der Waals surface area contributed by atoms with Crippen LogP contribution in [0.3, 0.4) is 0 Å². The maximum Gasteiger partial charge on any atom is 0.191 e. The average molecular weight is 327 g/mol. The van der Waals surface area contributed by atoms with E-state index in [1.54, 1.807) is 7.05 Å². The van der Waals surface area contributed by atoms with Gasteiger partial charge in [0, 0.05) is 58.4 Å². The van der Waals surface area contributed by atoms with Gasteiger partial charge in [0.1, 0.15) is 0 Å². The van der Waals surface area contributed by atoms with Gasteiger partial charge >= 0.3 is 0 Å². The number of guanidine groups is 1. The van der Waals surface area contributed by atoms with Crippen LogP contribution in [-0.4, -0.2) is 37.2 Å². The van der Waals surface area contributed by atoms with E-state index in [9.17, 15) is 0 Å². The highest BCUT2D eigenvalue weighted by molar-refractivity contribution is 5.79. The molecular weight excluding hydrogens is 298 g/mol. The number of aliphatic imine (C=N–C) groups is 1. The molecule has 24 heavy (non-hydrogen) atoms. The minimum absolute atomic E-state index is 0.774. The van der Waals surface area contributed by atoms with Gasteiger partial charge < -0.3 is 20.1 Å². The molecule has 0 aliphatic carbocycles. The number of rotatable bonds is 7. The molecule has 1 aromatic heterocycles. The molecule has 0 saturated heterocycles. The summed E-state index contributed by atoms with van der Waals surface area (Å²) in [6.07, 6.45) is 4.16. The second kappa shape index (κ2) is 9.01. The molecule has 2 aromatic rings.